The second-order valence-corrected chi connectivity index (χ2v) is 19.7. The number of unbranched alkanes of at least 4 members (excludes halogenated alkanes) is 31. The zero-order chi connectivity index (χ0) is 48.8. The quantitative estimate of drug-likeness (QED) is 0.0321. The Bertz CT molecular complexity index is 1190. The van der Waals surface area contributed by atoms with Crippen molar-refractivity contribution in [3.05, 3.63) is 60.8 Å². The maximum absolute atomic E-state index is 13.2. The smallest absolute Gasteiger partial charge is 0.306 e. The van der Waals surface area contributed by atoms with E-state index >= 15 is 0 Å². The third-order valence-electron chi connectivity index (χ3n) is 13.1. The van der Waals surface area contributed by atoms with Crippen molar-refractivity contribution in [3.8, 4) is 0 Å². The minimum Gasteiger partial charge on any atom is -0.461 e. The predicted octanol–water partition coefficient (Wildman–Crippen LogP) is 18.0. The van der Waals surface area contributed by atoms with Gasteiger partial charge in [-0.25, -0.2) is 0 Å². The van der Waals surface area contributed by atoms with Crippen LogP contribution in [0.3, 0.4) is 0 Å². The van der Waals surface area contributed by atoms with Gasteiger partial charge in [-0.1, -0.05) is 261 Å². The second kappa shape index (κ2) is 54.5. The molecule has 0 aliphatic rings. The third-order valence-corrected chi connectivity index (χ3v) is 13.1. The predicted molar refractivity (Wildman–Crippen MR) is 292 cm³/mol. The summed E-state index contributed by atoms with van der Waals surface area (Å²) in [7, 11) is 0. The van der Waals surface area contributed by atoms with Crippen molar-refractivity contribution in [3.63, 3.8) is 0 Å². The van der Waals surface area contributed by atoms with Gasteiger partial charge in [0.25, 0.3) is 0 Å². The number of esters is 1. The van der Waals surface area contributed by atoms with Crippen LogP contribution >= 0.6 is 0 Å². The van der Waals surface area contributed by atoms with Crippen LogP contribution < -0.4 is 5.32 Å². The van der Waals surface area contributed by atoms with Crippen molar-refractivity contribution >= 4 is 11.9 Å². The van der Waals surface area contributed by atoms with Gasteiger partial charge in [0.2, 0.25) is 5.91 Å². The molecule has 67 heavy (non-hydrogen) atoms. The number of nitrogens with one attached hydrogen (secondary N) is 1. The van der Waals surface area contributed by atoms with Gasteiger partial charge in [0, 0.05) is 12.8 Å². The van der Waals surface area contributed by atoms with E-state index in [0.717, 1.165) is 57.8 Å². The number of carbonyl (C=O) groups is 2. The van der Waals surface area contributed by atoms with Crippen LogP contribution in [0.15, 0.2) is 60.8 Å². The average molecular weight is 939 g/mol. The number of allylic oxidation sites excluding steroid dienone is 9. The lowest BCUT2D eigenvalue weighted by Gasteiger charge is -2.24. The van der Waals surface area contributed by atoms with Gasteiger partial charge in [-0.2, -0.15) is 0 Å². The SMILES string of the molecule is CCCCC/C=C\C/C=C\C/C=C\C/C=C\CC(CC(=O)NC(CO)C(O)CCCCCCCCCCCCCCCCCC)OC(=O)CCCCCCCCC/C=C/CCCCCCCC. The first kappa shape index (κ1) is 64.6. The second-order valence-electron chi connectivity index (χ2n) is 19.7. The fraction of sp³-hybridized carbons (Fsp3) is 0.803. The molecule has 3 unspecified atom stereocenters. The molecule has 6 heteroatoms. The molecule has 0 rings (SSSR count). The Morgan fingerprint density at radius 3 is 1.24 bits per heavy atom. The number of rotatable bonds is 52. The first-order chi connectivity index (χ1) is 33.0. The lowest BCUT2D eigenvalue weighted by Crippen LogP contribution is -2.46. The summed E-state index contributed by atoms with van der Waals surface area (Å²) in [6, 6.07) is -0.733. The van der Waals surface area contributed by atoms with Crippen LogP contribution in [0.2, 0.25) is 0 Å². The van der Waals surface area contributed by atoms with E-state index < -0.39 is 18.2 Å². The Kier molecular flexibility index (Phi) is 52.5. The highest BCUT2D eigenvalue weighted by molar-refractivity contribution is 5.77. The number of amides is 1. The number of hydrogen-bond donors (Lipinski definition) is 3. The van der Waals surface area contributed by atoms with Crippen LogP contribution in [0.25, 0.3) is 0 Å². The van der Waals surface area contributed by atoms with E-state index in [2.05, 4.69) is 80.8 Å². The van der Waals surface area contributed by atoms with Crippen molar-refractivity contribution in [1.82, 2.24) is 5.32 Å². The monoisotopic (exact) mass is 938 g/mol. The van der Waals surface area contributed by atoms with Crippen molar-refractivity contribution in [2.75, 3.05) is 6.61 Å². The van der Waals surface area contributed by atoms with Gasteiger partial charge in [-0.05, 0) is 70.6 Å². The molecule has 0 saturated carbocycles. The summed E-state index contributed by atoms with van der Waals surface area (Å²) in [5.41, 5.74) is 0. The Labute approximate surface area is 416 Å². The summed E-state index contributed by atoms with van der Waals surface area (Å²) < 4.78 is 5.89. The highest BCUT2D eigenvalue weighted by Crippen LogP contribution is 2.17. The van der Waals surface area contributed by atoms with E-state index in [1.807, 2.05) is 6.08 Å². The topological polar surface area (TPSA) is 95.9 Å². The van der Waals surface area contributed by atoms with Crippen LogP contribution in [-0.4, -0.2) is 46.9 Å². The summed E-state index contributed by atoms with van der Waals surface area (Å²) >= 11 is 0. The lowest BCUT2D eigenvalue weighted by atomic mass is 10.0. The molecule has 0 aromatic carbocycles. The van der Waals surface area contributed by atoms with Crippen molar-refractivity contribution in [2.45, 2.75) is 309 Å². The molecule has 3 N–H and O–H groups in total. The van der Waals surface area contributed by atoms with E-state index in [1.165, 1.54) is 186 Å². The third kappa shape index (κ3) is 49.8. The maximum Gasteiger partial charge on any atom is 0.306 e. The van der Waals surface area contributed by atoms with Crippen LogP contribution in [0.4, 0.5) is 0 Å². The van der Waals surface area contributed by atoms with E-state index in [4.69, 9.17) is 4.74 Å². The van der Waals surface area contributed by atoms with Crippen molar-refractivity contribution in [1.29, 1.82) is 0 Å². The molecular formula is C61H111NO5. The Morgan fingerprint density at radius 1 is 0.448 bits per heavy atom. The van der Waals surface area contributed by atoms with E-state index in [-0.39, 0.29) is 24.9 Å². The van der Waals surface area contributed by atoms with Gasteiger partial charge in [0.15, 0.2) is 0 Å². The maximum atomic E-state index is 13.2. The van der Waals surface area contributed by atoms with Gasteiger partial charge in [0.1, 0.15) is 6.10 Å². The molecule has 0 aromatic rings. The van der Waals surface area contributed by atoms with Crippen LogP contribution in [-0.2, 0) is 14.3 Å². The van der Waals surface area contributed by atoms with Gasteiger partial charge in [0.05, 0.1) is 25.2 Å². The first-order valence-corrected chi connectivity index (χ1v) is 29.0. The fourth-order valence-electron chi connectivity index (χ4n) is 8.64. The number of ether oxygens (including phenoxy) is 1. The van der Waals surface area contributed by atoms with Crippen molar-refractivity contribution in [2.24, 2.45) is 0 Å². The molecule has 0 spiro atoms. The average Bonchev–Trinajstić information content (AvgIpc) is 3.32. The number of hydrogen-bond acceptors (Lipinski definition) is 5. The van der Waals surface area contributed by atoms with E-state index in [9.17, 15) is 19.8 Å². The van der Waals surface area contributed by atoms with Gasteiger partial charge >= 0.3 is 5.97 Å². The van der Waals surface area contributed by atoms with Crippen LogP contribution in [0.5, 0.6) is 0 Å². The zero-order valence-electron chi connectivity index (χ0n) is 44.5. The fourth-order valence-corrected chi connectivity index (χ4v) is 8.64. The van der Waals surface area contributed by atoms with Gasteiger partial charge in [-0.3, -0.25) is 9.59 Å². The summed E-state index contributed by atoms with van der Waals surface area (Å²) in [6.45, 7) is 6.45. The molecule has 0 saturated heterocycles. The van der Waals surface area contributed by atoms with Crippen molar-refractivity contribution < 1.29 is 24.5 Å². The molecule has 0 aliphatic heterocycles. The lowest BCUT2D eigenvalue weighted by molar-refractivity contribution is -0.150. The Morgan fingerprint density at radius 2 is 0.791 bits per heavy atom. The Hall–Kier alpha value is -2.44. The van der Waals surface area contributed by atoms with Crippen LogP contribution in [0, 0.1) is 0 Å². The zero-order valence-corrected chi connectivity index (χ0v) is 44.5. The standard InChI is InChI=1S/C61H111NO5/c1-4-7-10-13-16-19-22-25-28-30-33-36-39-42-45-48-51-54-61(66)67-57(52-49-46-43-40-37-34-31-27-24-21-18-15-12-9-6-3)55-60(65)62-58(56-63)59(64)53-50-47-44-41-38-35-32-29-26-23-20-17-14-11-8-5-2/h18,21,25,27-28,31,37,40,46,49,57-59,63-64H,4-17,19-20,22-24,26,29-30,32-36,38-39,41-45,47-48,50-56H2,1-3H3,(H,62,65)/b21-18-,28-25+,31-27-,40-37-,49-46-. The number of carbonyl (C=O) groups excluding carboxylic acids is 2. The summed E-state index contributed by atoms with van der Waals surface area (Å²) in [4.78, 5) is 26.2. The van der Waals surface area contributed by atoms with E-state index in [0.29, 0.717) is 19.3 Å². The summed E-state index contributed by atoms with van der Waals surface area (Å²) in [5, 5.41) is 23.8. The molecule has 1 amide bonds. The molecule has 0 aromatic heterocycles. The van der Waals surface area contributed by atoms with Gasteiger partial charge in [-0.15, -0.1) is 0 Å². The molecule has 6 nitrogen and oxygen atoms in total. The molecule has 0 aliphatic carbocycles. The van der Waals surface area contributed by atoms with Crippen LogP contribution in [0.1, 0.15) is 290 Å². The Balaban J connectivity index is 4.64. The van der Waals surface area contributed by atoms with Gasteiger partial charge < -0.3 is 20.3 Å². The first-order valence-electron chi connectivity index (χ1n) is 29.0. The molecular weight excluding hydrogens is 827 g/mol. The number of aliphatic hydroxyl groups is 2. The highest BCUT2D eigenvalue weighted by atomic mass is 16.5. The summed E-state index contributed by atoms with van der Waals surface area (Å²) in [6.07, 6.45) is 68.7. The molecule has 3 atom stereocenters. The highest BCUT2D eigenvalue weighted by Gasteiger charge is 2.23. The largest absolute Gasteiger partial charge is 0.461 e. The minimum absolute atomic E-state index is 0.000265. The molecule has 0 bridgehead atoms. The normalized spacial score (nSPS) is 13.6. The molecule has 0 heterocycles. The van der Waals surface area contributed by atoms with E-state index in [1.54, 1.807) is 0 Å². The molecule has 0 fully saturated rings. The molecule has 390 valence electrons. The summed E-state index contributed by atoms with van der Waals surface area (Å²) in [5.74, 6) is -0.573. The number of aliphatic hydroxyl groups excluding tert-OH is 2. The minimum atomic E-state index is -0.813. The molecule has 0 radical (unpaired) electrons.